The minimum atomic E-state index is -0.117. The Morgan fingerprint density at radius 2 is 0.608 bits per heavy atom. The van der Waals surface area contributed by atoms with E-state index in [9.17, 15) is 20.4 Å². The predicted molar refractivity (Wildman–Crippen MR) is 293 cm³/mol. The number of hydrogen-bond donors (Lipinski definition) is 6. The summed E-state index contributed by atoms with van der Waals surface area (Å²) < 4.78 is 80.4. The van der Waals surface area contributed by atoms with Gasteiger partial charge < -0.3 is 111 Å². The van der Waals surface area contributed by atoms with Gasteiger partial charge in [-0.25, -0.2) is 0 Å². The summed E-state index contributed by atoms with van der Waals surface area (Å²) in [6, 6.07) is 15.3. The molecule has 0 aliphatic carbocycles. The van der Waals surface area contributed by atoms with Gasteiger partial charge in [0.25, 0.3) is 0 Å². The highest BCUT2D eigenvalue weighted by Crippen LogP contribution is 2.27. The molecular formula is C52H88N6O20S. The number of ether oxygens (including phenoxy) is 13. The first-order chi connectivity index (χ1) is 39.1. The van der Waals surface area contributed by atoms with E-state index in [1.54, 1.807) is 0 Å². The van der Waals surface area contributed by atoms with Crippen molar-refractivity contribution in [1.29, 1.82) is 0 Å². The van der Waals surface area contributed by atoms with Crippen LogP contribution in [0.2, 0.25) is 0 Å². The van der Waals surface area contributed by atoms with Gasteiger partial charge in [-0.3, -0.25) is 0 Å². The van der Waals surface area contributed by atoms with Gasteiger partial charge in [0.15, 0.2) is 0 Å². The summed E-state index contributed by atoms with van der Waals surface area (Å²) in [5.41, 5.74) is 1.65. The molecule has 2 aromatic carbocycles. The maximum absolute atomic E-state index is 9.24. The van der Waals surface area contributed by atoms with E-state index >= 15 is 0 Å². The van der Waals surface area contributed by atoms with Gasteiger partial charge in [0.2, 0.25) is 17.8 Å². The number of aliphatic hydroxyl groups excluding tert-OH is 6. The van der Waals surface area contributed by atoms with Gasteiger partial charge in [-0.15, -0.1) is 0 Å². The van der Waals surface area contributed by atoms with E-state index in [1.165, 1.54) is 0 Å². The number of benzene rings is 2. The second-order valence-corrected chi connectivity index (χ2v) is 17.1. The standard InChI is InChI=1S/C52H88N6O20S/c59-13-23-68-32-29-65-19-9-56(10-22-75-45-79-78-28-18-64)50-53-51(57(11-20-66-30-33-69-24-14-60)43-46-5-1-3-7-48(46)76-41-39-73-37-35-71-26-16-62)55-52(54-50)58(12-21-67-31-34-70-25-15-61)44-47-6-2-4-8-49(47)77-42-40-74-38-36-72-27-17-63/h1-8,59-64H,9-45H2. The molecule has 0 fully saturated rings. The van der Waals surface area contributed by atoms with Crippen LogP contribution in [0.25, 0.3) is 0 Å². The molecule has 0 radical (unpaired) electrons. The van der Waals surface area contributed by atoms with Crippen molar-refractivity contribution in [2.75, 3.05) is 245 Å². The summed E-state index contributed by atoms with van der Waals surface area (Å²) in [6.45, 7) is 7.69. The van der Waals surface area contributed by atoms with Crippen LogP contribution in [0.4, 0.5) is 17.8 Å². The zero-order chi connectivity index (χ0) is 56.3. The van der Waals surface area contributed by atoms with Crippen LogP contribution < -0.4 is 24.2 Å². The van der Waals surface area contributed by atoms with Crippen molar-refractivity contribution in [3.8, 4) is 11.5 Å². The number of hydrogen-bond acceptors (Lipinski definition) is 27. The first-order valence-electron chi connectivity index (χ1n) is 26.7. The van der Waals surface area contributed by atoms with E-state index in [-0.39, 0.29) is 171 Å². The fourth-order valence-corrected chi connectivity index (χ4v) is 7.26. The summed E-state index contributed by atoms with van der Waals surface area (Å²) in [5, 5.41) is 54.9. The predicted octanol–water partition coefficient (Wildman–Crippen LogP) is 0.208. The molecule has 1 heterocycles. The number of anilines is 3. The Balaban J connectivity index is 2.14. The molecule has 0 aliphatic rings. The summed E-state index contributed by atoms with van der Waals surface area (Å²) >= 11 is 1.09. The lowest BCUT2D eigenvalue weighted by molar-refractivity contribution is 0.0246. The van der Waals surface area contributed by atoms with E-state index in [2.05, 4.69) is 0 Å². The highest BCUT2D eigenvalue weighted by atomic mass is 32.2. The highest BCUT2D eigenvalue weighted by molar-refractivity contribution is 7.94. The first-order valence-corrected chi connectivity index (χ1v) is 27.7. The zero-order valence-corrected chi connectivity index (χ0v) is 46.6. The average molecular weight is 1150 g/mol. The van der Waals surface area contributed by atoms with Crippen molar-refractivity contribution in [3.05, 3.63) is 59.7 Å². The van der Waals surface area contributed by atoms with Crippen LogP contribution in [0, 0.1) is 0 Å². The largest absolute Gasteiger partial charge is 0.491 e. The number of nitrogens with zero attached hydrogens (tertiary/aromatic N) is 6. The first kappa shape index (κ1) is 69.3. The molecular weight excluding hydrogens is 1060 g/mol. The van der Waals surface area contributed by atoms with Crippen LogP contribution in [0.5, 0.6) is 11.5 Å². The summed E-state index contributed by atoms with van der Waals surface area (Å²) in [7, 11) is 0. The van der Waals surface area contributed by atoms with Crippen molar-refractivity contribution < 1.29 is 96.4 Å². The Labute approximate surface area is 469 Å². The SMILES string of the molecule is OCCOCCOCCOc1ccccc1CN(CCOCCOCCO)c1nc(N(CCOCCOCCO)CCOCSOCCO)nc(N(CCOCCOCCO)Cc2ccccc2OCCOCCOCCO)n1. The minimum absolute atomic E-state index is 0.0625. The second-order valence-electron chi connectivity index (χ2n) is 16.4. The van der Waals surface area contributed by atoms with Crippen LogP contribution >= 0.6 is 12.0 Å². The molecule has 0 bridgehead atoms. The molecule has 0 atom stereocenters. The third-order valence-electron chi connectivity index (χ3n) is 10.5. The van der Waals surface area contributed by atoms with E-state index < -0.39 is 0 Å². The molecule has 79 heavy (non-hydrogen) atoms. The van der Waals surface area contributed by atoms with Gasteiger partial charge in [-0.2, -0.15) is 15.0 Å². The third kappa shape index (κ3) is 34.2. The maximum Gasteiger partial charge on any atom is 0.232 e. The van der Waals surface area contributed by atoms with Gasteiger partial charge in [-0.05, 0) is 12.1 Å². The molecule has 452 valence electrons. The summed E-state index contributed by atoms with van der Waals surface area (Å²) in [6.07, 6.45) is 0. The van der Waals surface area contributed by atoms with Gasteiger partial charge in [-0.1, -0.05) is 36.4 Å². The molecule has 26 nitrogen and oxygen atoms in total. The number of para-hydroxylation sites is 2. The monoisotopic (exact) mass is 1150 g/mol. The van der Waals surface area contributed by atoms with Crippen molar-refractivity contribution in [2.45, 2.75) is 13.1 Å². The lowest BCUT2D eigenvalue weighted by Gasteiger charge is -2.30. The highest BCUT2D eigenvalue weighted by Gasteiger charge is 2.23. The topological polar surface area (TPSA) is 299 Å². The zero-order valence-electron chi connectivity index (χ0n) is 45.8. The Kier molecular flexibility index (Phi) is 43.8. The fourth-order valence-electron chi connectivity index (χ4n) is 6.82. The van der Waals surface area contributed by atoms with E-state index in [0.29, 0.717) is 102 Å². The van der Waals surface area contributed by atoms with Gasteiger partial charge >= 0.3 is 0 Å². The Hall–Kier alpha value is -3.92. The lowest BCUT2D eigenvalue weighted by atomic mass is 10.2. The van der Waals surface area contributed by atoms with E-state index in [0.717, 1.165) is 23.2 Å². The van der Waals surface area contributed by atoms with Crippen molar-refractivity contribution >= 4 is 29.9 Å². The smallest absolute Gasteiger partial charge is 0.232 e. The Morgan fingerprint density at radius 3 is 0.975 bits per heavy atom. The van der Waals surface area contributed by atoms with Gasteiger partial charge in [0.05, 0.1) is 185 Å². The van der Waals surface area contributed by atoms with Gasteiger partial charge in [0, 0.05) is 62.4 Å². The Bertz CT molecular complexity index is 1740. The lowest BCUT2D eigenvalue weighted by Crippen LogP contribution is -2.36. The van der Waals surface area contributed by atoms with Crippen LogP contribution in [0.15, 0.2) is 48.5 Å². The molecule has 0 spiro atoms. The molecule has 6 N–H and O–H groups in total. The second kappa shape index (κ2) is 49.9. The third-order valence-corrected chi connectivity index (χ3v) is 11.1. The molecule has 0 saturated heterocycles. The molecule has 0 saturated carbocycles. The van der Waals surface area contributed by atoms with E-state index in [4.69, 9.17) is 90.9 Å². The van der Waals surface area contributed by atoms with Crippen LogP contribution in [-0.4, -0.2) is 276 Å². The fraction of sp³-hybridized carbons (Fsp3) is 0.712. The van der Waals surface area contributed by atoms with Crippen LogP contribution in [0.3, 0.4) is 0 Å². The van der Waals surface area contributed by atoms with Crippen molar-refractivity contribution in [2.24, 2.45) is 0 Å². The van der Waals surface area contributed by atoms with E-state index in [1.807, 2.05) is 63.2 Å². The minimum Gasteiger partial charge on any atom is -0.491 e. The molecule has 3 aromatic rings. The Morgan fingerprint density at radius 1 is 0.316 bits per heavy atom. The molecule has 1 aromatic heterocycles. The quantitative estimate of drug-likeness (QED) is 0.0250. The van der Waals surface area contributed by atoms with Gasteiger partial charge in [0.1, 0.15) is 30.7 Å². The van der Waals surface area contributed by atoms with Crippen LogP contribution in [0.1, 0.15) is 11.1 Å². The molecule has 0 amide bonds. The van der Waals surface area contributed by atoms with Crippen LogP contribution in [-0.2, 0) is 69.4 Å². The summed E-state index contributed by atoms with van der Waals surface area (Å²) in [4.78, 5) is 21.5. The van der Waals surface area contributed by atoms with Crippen molar-refractivity contribution in [1.82, 2.24) is 15.0 Å². The maximum atomic E-state index is 9.24. The number of aromatic nitrogens is 3. The average Bonchev–Trinajstić information content (AvgIpc) is 3.50. The number of aliphatic hydroxyl groups is 6. The van der Waals surface area contributed by atoms with Crippen molar-refractivity contribution in [3.63, 3.8) is 0 Å². The molecule has 3 rings (SSSR count). The molecule has 27 heteroatoms. The normalized spacial score (nSPS) is 11.4. The molecule has 0 unspecified atom stereocenters. The molecule has 0 aliphatic heterocycles. The number of rotatable bonds is 57. The summed E-state index contributed by atoms with van der Waals surface area (Å²) in [5.74, 6) is 2.39.